The summed E-state index contributed by atoms with van der Waals surface area (Å²) in [6.07, 6.45) is 0.134. The lowest BCUT2D eigenvalue weighted by Gasteiger charge is -2.19. The van der Waals surface area contributed by atoms with Crippen LogP contribution in [0.15, 0.2) is 24.4 Å². The fraction of sp³-hybridized carbons (Fsp3) is 0.150. The molecule has 0 amide bonds. The standard InChI is InChI=1S/C20H13Cl3F4N2O/c1-7-15(22)18(26)14(19(27)17(7)25)9-5-12(20(28)29-6-9)30-8(2)13-10(21)3-4-11(24)16(13)23/h3-6,8H,1-2H3,(H2,28,29). The first-order chi connectivity index (χ1) is 14.0. The van der Waals surface area contributed by atoms with Crippen LogP contribution in [0.4, 0.5) is 23.4 Å². The average molecular weight is 480 g/mol. The Bertz CT molecular complexity index is 1130. The predicted molar refractivity (Wildman–Crippen MR) is 109 cm³/mol. The van der Waals surface area contributed by atoms with Crippen LogP contribution in [0.2, 0.25) is 15.1 Å². The number of nitrogen functional groups attached to an aromatic ring is 1. The average Bonchev–Trinajstić information content (AvgIpc) is 2.70. The summed E-state index contributed by atoms with van der Waals surface area (Å²) in [6, 6.07) is 3.56. The molecule has 0 saturated carbocycles. The van der Waals surface area contributed by atoms with Crippen LogP contribution in [0.25, 0.3) is 11.1 Å². The van der Waals surface area contributed by atoms with E-state index in [4.69, 9.17) is 45.3 Å². The molecule has 10 heteroatoms. The molecule has 1 atom stereocenters. The van der Waals surface area contributed by atoms with Crippen LogP contribution in [-0.4, -0.2) is 4.98 Å². The van der Waals surface area contributed by atoms with Crippen molar-refractivity contribution in [2.24, 2.45) is 0 Å². The number of ether oxygens (including phenoxy) is 1. The molecule has 3 aromatic rings. The number of hydrogen-bond acceptors (Lipinski definition) is 3. The molecule has 0 radical (unpaired) electrons. The van der Waals surface area contributed by atoms with Crippen LogP contribution >= 0.6 is 34.8 Å². The van der Waals surface area contributed by atoms with Gasteiger partial charge in [0.1, 0.15) is 11.9 Å². The minimum absolute atomic E-state index is 0.104. The van der Waals surface area contributed by atoms with Gasteiger partial charge >= 0.3 is 0 Å². The smallest absolute Gasteiger partial charge is 0.170 e. The zero-order chi connectivity index (χ0) is 22.3. The number of anilines is 1. The van der Waals surface area contributed by atoms with Crippen LogP contribution in [0.1, 0.15) is 24.2 Å². The van der Waals surface area contributed by atoms with Crippen molar-refractivity contribution in [3.05, 3.63) is 73.9 Å². The van der Waals surface area contributed by atoms with E-state index in [2.05, 4.69) is 4.98 Å². The van der Waals surface area contributed by atoms with E-state index in [-0.39, 0.29) is 38.3 Å². The highest BCUT2D eigenvalue weighted by atomic mass is 35.5. The summed E-state index contributed by atoms with van der Waals surface area (Å²) in [4.78, 5) is 3.84. The van der Waals surface area contributed by atoms with Gasteiger partial charge in [-0.1, -0.05) is 34.8 Å². The highest BCUT2D eigenvalue weighted by Gasteiger charge is 2.25. The first-order valence-electron chi connectivity index (χ1n) is 8.43. The highest BCUT2D eigenvalue weighted by Crippen LogP contribution is 2.39. The molecule has 0 aliphatic carbocycles. The van der Waals surface area contributed by atoms with Gasteiger partial charge < -0.3 is 10.5 Å². The number of halogens is 7. The molecule has 0 aliphatic rings. The van der Waals surface area contributed by atoms with Crippen molar-refractivity contribution in [1.29, 1.82) is 0 Å². The molecule has 1 aromatic heterocycles. The van der Waals surface area contributed by atoms with Gasteiger partial charge in [0, 0.05) is 27.9 Å². The van der Waals surface area contributed by atoms with Gasteiger partial charge in [0.25, 0.3) is 0 Å². The SMILES string of the molecule is Cc1c(F)c(F)c(-c2cnc(N)c(OC(C)c3c(Cl)ccc(F)c3Cl)c2)c(F)c1Cl. The minimum Gasteiger partial charge on any atom is -0.482 e. The fourth-order valence-electron chi connectivity index (χ4n) is 2.85. The lowest BCUT2D eigenvalue weighted by Crippen LogP contribution is -2.08. The number of pyridine rings is 1. The molecule has 0 fully saturated rings. The van der Waals surface area contributed by atoms with Crippen LogP contribution in [0, 0.1) is 30.2 Å². The summed E-state index contributed by atoms with van der Waals surface area (Å²) >= 11 is 17.8. The van der Waals surface area contributed by atoms with Crippen molar-refractivity contribution in [2.45, 2.75) is 20.0 Å². The predicted octanol–water partition coefficient (Wildman–Crippen LogP) is 7.30. The van der Waals surface area contributed by atoms with Crippen LogP contribution in [0.3, 0.4) is 0 Å². The zero-order valence-electron chi connectivity index (χ0n) is 15.5. The van der Waals surface area contributed by atoms with Gasteiger partial charge in [0.15, 0.2) is 29.0 Å². The van der Waals surface area contributed by atoms with Gasteiger partial charge in [-0.05, 0) is 32.0 Å². The maximum Gasteiger partial charge on any atom is 0.170 e. The molecule has 2 aromatic carbocycles. The molecule has 3 nitrogen and oxygen atoms in total. The number of nitrogens with zero attached hydrogens (tertiary/aromatic N) is 1. The van der Waals surface area contributed by atoms with Crippen LogP contribution in [-0.2, 0) is 0 Å². The van der Waals surface area contributed by atoms with E-state index in [1.807, 2.05) is 0 Å². The second-order valence-corrected chi connectivity index (χ2v) is 7.54. The second kappa shape index (κ2) is 8.49. The third-order valence-electron chi connectivity index (χ3n) is 4.44. The Morgan fingerprint density at radius 2 is 1.67 bits per heavy atom. The summed E-state index contributed by atoms with van der Waals surface area (Å²) in [6.45, 7) is 2.67. The molecule has 0 spiro atoms. The number of benzene rings is 2. The monoisotopic (exact) mass is 478 g/mol. The molecular weight excluding hydrogens is 467 g/mol. The lowest BCUT2D eigenvalue weighted by molar-refractivity contribution is 0.227. The van der Waals surface area contributed by atoms with Crippen LogP contribution in [0.5, 0.6) is 5.75 Å². The van der Waals surface area contributed by atoms with E-state index in [9.17, 15) is 17.6 Å². The van der Waals surface area contributed by atoms with E-state index < -0.39 is 40.0 Å². The Kier molecular flexibility index (Phi) is 6.36. The van der Waals surface area contributed by atoms with Gasteiger partial charge in [-0.25, -0.2) is 22.5 Å². The topological polar surface area (TPSA) is 48.1 Å². The number of nitrogens with two attached hydrogens (primary N) is 1. The number of aromatic nitrogens is 1. The Morgan fingerprint density at radius 3 is 2.33 bits per heavy atom. The van der Waals surface area contributed by atoms with E-state index in [1.54, 1.807) is 0 Å². The maximum absolute atomic E-state index is 14.6. The number of hydrogen-bond donors (Lipinski definition) is 1. The number of rotatable bonds is 4. The molecule has 0 bridgehead atoms. The van der Waals surface area contributed by atoms with E-state index in [1.165, 1.54) is 13.0 Å². The molecular formula is C20H13Cl3F4N2O. The molecule has 1 unspecified atom stereocenters. The molecule has 0 aliphatic heterocycles. The summed E-state index contributed by atoms with van der Waals surface area (Å²) in [5.74, 6) is -4.82. The Balaban J connectivity index is 2.08. The largest absolute Gasteiger partial charge is 0.482 e. The maximum atomic E-state index is 14.6. The molecule has 30 heavy (non-hydrogen) atoms. The van der Waals surface area contributed by atoms with Crippen molar-refractivity contribution >= 4 is 40.6 Å². The molecule has 2 N–H and O–H groups in total. The zero-order valence-corrected chi connectivity index (χ0v) is 17.7. The summed E-state index contributed by atoms with van der Waals surface area (Å²) in [7, 11) is 0. The third kappa shape index (κ3) is 3.89. The van der Waals surface area contributed by atoms with Crippen LogP contribution < -0.4 is 10.5 Å². The Hall–Kier alpha value is -2.22. The Morgan fingerprint density at radius 1 is 1.00 bits per heavy atom. The summed E-state index contributed by atoms with van der Waals surface area (Å²) in [5, 5.41) is -0.668. The van der Waals surface area contributed by atoms with E-state index >= 15 is 0 Å². The molecule has 158 valence electrons. The van der Waals surface area contributed by atoms with E-state index in [0.29, 0.717) is 0 Å². The van der Waals surface area contributed by atoms with Gasteiger partial charge in [0.05, 0.1) is 15.6 Å². The first-order valence-corrected chi connectivity index (χ1v) is 9.56. The first kappa shape index (κ1) is 22.5. The highest BCUT2D eigenvalue weighted by molar-refractivity contribution is 6.36. The van der Waals surface area contributed by atoms with Gasteiger partial charge in [-0.3, -0.25) is 0 Å². The van der Waals surface area contributed by atoms with Gasteiger partial charge in [-0.2, -0.15) is 0 Å². The molecule has 3 rings (SSSR count). The quantitative estimate of drug-likeness (QED) is 0.316. The van der Waals surface area contributed by atoms with Crippen molar-refractivity contribution in [1.82, 2.24) is 4.98 Å². The third-order valence-corrected chi connectivity index (χ3v) is 5.61. The molecule has 0 saturated heterocycles. The molecule has 1 heterocycles. The van der Waals surface area contributed by atoms with Crippen molar-refractivity contribution in [3.8, 4) is 16.9 Å². The van der Waals surface area contributed by atoms with Crippen molar-refractivity contribution in [2.75, 3.05) is 5.73 Å². The normalized spacial score (nSPS) is 12.2. The summed E-state index contributed by atoms with van der Waals surface area (Å²) < 4.78 is 62.6. The minimum atomic E-state index is -1.43. The van der Waals surface area contributed by atoms with Crippen molar-refractivity contribution in [3.63, 3.8) is 0 Å². The van der Waals surface area contributed by atoms with E-state index in [0.717, 1.165) is 25.3 Å². The van der Waals surface area contributed by atoms with Gasteiger partial charge in [-0.15, -0.1) is 0 Å². The fourth-order valence-corrected chi connectivity index (χ4v) is 3.70. The second-order valence-electron chi connectivity index (χ2n) is 6.38. The van der Waals surface area contributed by atoms with Gasteiger partial charge in [0.2, 0.25) is 0 Å². The lowest BCUT2D eigenvalue weighted by atomic mass is 10.0. The summed E-state index contributed by atoms with van der Waals surface area (Å²) in [5.41, 5.74) is 4.68. The Labute approximate surface area is 184 Å². The van der Waals surface area contributed by atoms with Crippen molar-refractivity contribution < 1.29 is 22.3 Å².